The average molecular weight is 317 g/mol. The Hall–Kier alpha value is -1.35. The topological polar surface area (TPSA) is 16.1 Å². The molecule has 0 N–H and O–H groups in total. The molecule has 1 aromatic carbocycles. The van der Waals surface area contributed by atoms with Crippen LogP contribution >= 0.6 is 15.9 Å². The summed E-state index contributed by atoms with van der Waals surface area (Å²) in [6.07, 6.45) is 4.28. The molecule has 2 heterocycles. The van der Waals surface area contributed by atoms with E-state index < -0.39 is 0 Å². The van der Waals surface area contributed by atoms with Crippen LogP contribution in [0.1, 0.15) is 23.1 Å². The molecule has 3 heteroatoms. The van der Waals surface area contributed by atoms with Crippen molar-refractivity contribution in [2.75, 3.05) is 11.4 Å². The highest BCUT2D eigenvalue weighted by Gasteiger charge is 2.20. The van der Waals surface area contributed by atoms with E-state index in [1.54, 1.807) is 0 Å². The van der Waals surface area contributed by atoms with Crippen LogP contribution in [0.15, 0.2) is 34.9 Å². The molecule has 1 aliphatic heterocycles. The van der Waals surface area contributed by atoms with E-state index in [1.807, 2.05) is 6.20 Å². The molecule has 0 radical (unpaired) electrons. The third-order valence-electron chi connectivity index (χ3n) is 3.57. The molecule has 2 aromatic rings. The average Bonchev–Trinajstić information content (AvgIpc) is 2.38. The summed E-state index contributed by atoms with van der Waals surface area (Å²) in [7, 11) is 0. The minimum atomic E-state index is 1.02. The Morgan fingerprint density at radius 1 is 1.16 bits per heavy atom. The van der Waals surface area contributed by atoms with E-state index in [4.69, 9.17) is 0 Å². The quantitative estimate of drug-likeness (QED) is 0.767. The van der Waals surface area contributed by atoms with Crippen molar-refractivity contribution in [2.24, 2.45) is 0 Å². The van der Waals surface area contributed by atoms with Crippen molar-refractivity contribution < 1.29 is 0 Å². The Balaban J connectivity index is 2.08. The zero-order valence-electron chi connectivity index (χ0n) is 11.3. The molecule has 19 heavy (non-hydrogen) atoms. The number of benzene rings is 1. The summed E-state index contributed by atoms with van der Waals surface area (Å²) < 4.78 is 1.07. The smallest absolute Gasteiger partial charge is 0.147 e. The number of aryl methyl sites for hydroxylation is 3. The van der Waals surface area contributed by atoms with Crippen molar-refractivity contribution >= 4 is 27.4 Å². The lowest BCUT2D eigenvalue weighted by Gasteiger charge is -2.31. The van der Waals surface area contributed by atoms with E-state index in [-0.39, 0.29) is 0 Å². The minimum Gasteiger partial charge on any atom is -0.325 e. The molecule has 0 unspecified atom stereocenters. The predicted molar refractivity (Wildman–Crippen MR) is 83.2 cm³/mol. The normalized spacial score (nSPS) is 14.4. The van der Waals surface area contributed by atoms with E-state index in [2.05, 4.69) is 63.9 Å². The fourth-order valence-corrected chi connectivity index (χ4v) is 3.35. The number of aromatic nitrogens is 1. The maximum Gasteiger partial charge on any atom is 0.147 e. The summed E-state index contributed by atoms with van der Waals surface area (Å²) in [5.41, 5.74) is 5.24. The first-order valence-electron chi connectivity index (χ1n) is 6.64. The van der Waals surface area contributed by atoms with Crippen LogP contribution in [-0.4, -0.2) is 11.5 Å². The highest BCUT2D eigenvalue weighted by molar-refractivity contribution is 9.10. The second-order valence-electron chi connectivity index (χ2n) is 5.21. The molecule has 0 bridgehead atoms. The number of rotatable bonds is 1. The van der Waals surface area contributed by atoms with Gasteiger partial charge >= 0.3 is 0 Å². The second kappa shape index (κ2) is 4.97. The number of hydrogen-bond acceptors (Lipinski definition) is 2. The summed E-state index contributed by atoms with van der Waals surface area (Å²) in [6.45, 7) is 5.25. The molecule has 0 saturated heterocycles. The zero-order valence-corrected chi connectivity index (χ0v) is 12.9. The first-order valence-corrected chi connectivity index (χ1v) is 7.43. The van der Waals surface area contributed by atoms with Crippen LogP contribution in [0.5, 0.6) is 0 Å². The molecule has 1 aromatic heterocycles. The second-order valence-corrected chi connectivity index (χ2v) is 6.06. The van der Waals surface area contributed by atoms with E-state index >= 15 is 0 Å². The Morgan fingerprint density at radius 3 is 2.79 bits per heavy atom. The fourth-order valence-electron chi connectivity index (χ4n) is 2.67. The van der Waals surface area contributed by atoms with Gasteiger partial charge in [0.1, 0.15) is 5.82 Å². The monoisotopic (exact) mass is 316 g/mol. The van der Waals surface area contributed by atoms with Crippen LogP contribution < -0.4 is 4.90 Å². The van der Waals surface area contributed by atoms with Crippen LogP contribution in [0.3, 0.4) is 0 Å². The fraction of sp³-hybridized carbons (Fsp3) is 0.312. The largest absolute Gasteiger partial charge is 0.325 e. The van der Waals surface area contributed by atoms with E-state index in [0.717, 1.165) is 23.3 Å². The van der Waals surface area contributed by atoms with Gasteiger partial charge in [0.2, 0.25) is 0 Å². The van der Waals surface area contributed by atoms with Gasteiger partial charge in [-0.2, -0.15) is 0 Å². The molecule has 0 saturated carbocycles. The van der Waals surface area contributed by atoms with Crippen LogP contribution in [-0.2, 0) is 6.42 Å². The highest BCUT2D eigenvalue weighted by atomic mass is 79.9. The van der Waals surface area contributed by atoms with Crippen molar-refractivity contribution in [2.45, 2.75) is 26.7 Å². The molecule has 0 aliphatic carbocycles. The van der Waals surface area contributed by atoms with Gasteiger partial charge in [0.05, 0.1) is 4.47 Å². The van der Waals surface area contributed by atoms with Crippen molar-refractivity contribution in [1.29, 1.82) is 0 Å². The Kier molecular flexibility index (Phi) is 3.31. The molecular weight excluding hydrogens is 300 g/mol. The van der Waals surface area contributed by atoms with Gasteiger partial charge in [0, 0.05) is 18.4 Å². The van der Waals surface area contributed by atoms with Gasteiger partial charge in [0.15, 0.2) is 0 Å². The Labute approximate surface area is 122 Å². The maximum absolute atomic E-state index is 4.60. The molecule has 2 nitrogen and oxygen atoms in total. The van der Waals surface area contributed by atoms with Crippen molar-refractivity contribution in [3.63, 3.8) is 0 Å². The van der Waals surface area contributed by atoms with Gasteiger partial charge in [-0.3, -0.25) is 0 Å². The first kappa shape index (κ1) is 12.7. The predicted octanol–water partition coefficient (Wildman–Crippen LogP) is 4.55. The SMILES string of the molecule is Cc1cnc(N2CCCc3cc(C)ccc32)c(Br)c1. The Morgan fingerprint density at radius 2 is 2.00 bits per heavy atom. The summed E-state index contributed by atoms with van der Waals surface area (Å²) in [5.74, 6) is 1.02. The van der Waals surface area contributed by atoms with Crippen molar-refractivity contribution in [3.05, 3.63) is 51.6 Å². The summed E-state index contributed by atoms with van der Waals surface area (Å²) in [4.78, 5) is 6.92. The van der Waals surface area contributed by atoms with Gasteiger partial charge < -0.3 is 4.90 Å². The lowest BCUT2D eigenvalue weighted by Crippen LogP contribution is -2.25. The number of halogens is 1. The van der Waals surface area contributed by atoms with Gasteiger partial charge in [-0.05, 0) is 65.9 Å². The number of anilines is 2. The number of fused-ring (bicyclic) bond motifs is 1. The maximum atomic E-state index is 4.60. The number of pyridine rings is 1. The number of hydrogen-bond donors (Lipinski definition) is 0. The third-order valence-corrected chi connectivity index (χ3v) is 4.15. The zero-order chi connectivity index (χ0) is 13.4. The van der Waals surface area contributed by atoms with Crippen LogP contribution in [0.25, 0.3) is 0 Å². The molecular formula is C16H17BrN2. The van der Waals surface area contributed by atoms with Crippen molar-refractivity contribution in [1.82, 2.24) is 4.98 Å². The minimum absolute atomic E-state index is 1.02. The van der Waals surface area contributed by atoms with Gasteiger partial charge in [0.25, 0.3) is 0 Å². The molecule has 0 spiro atoms. The van der Waals surface area contributed by atoms with E-state index in [0.29, 0.717) is 0 Å². The Bertz CT molecular complexity index is 622. The molecule has 3 rings (SSSR count). The third kappa shape index (κ3) is 2.39. The van der Waals surface area contributed by atoms with Crippen LogP contribution in [0, 0.1) is 13.8 Å². The van der Waals surface area contributed by atoms with Gasteiger partial charge in [-0.15, -0.1) is 0 Å². The molecule has 98 valence electrons. The summed E-state index contributed by atoms with van der Waals surface area (Å²) in [6, 6.07) is 8.82. The summed E-state index contributed by atoms with van der Waals surface area (Å²) >= 11 is 3.64. The first-order chi connectivity index (χ1) is 9.15. The summed E-state index contributed by atoms with van der Waals surface area (Å²) in [5, 5.41) is 0. The van der Waals surface area contributed by atoms with Gasteiger partial charge in [-0.25, -0.2) is 4.98 Å². The van der Waals surface area contributed by atoms with Gasteiger partial charge in [-0.1, -0.05) is 17.7 Å². The molecule has 0 amide bonds. The molecule has 0 fully saturated rings. The van der Waals surface area contributed by atoms with E-state index in [9.17, 15) is 0 Å². The molecule has 0 atom stereocenters. The lowest BCUT2D eigenvalue weighted by molar-refractivity contribution is 0.757. The molecule has 1 aliphatic rings. The lowest BCUT2D eigenvalue weighted by atomic mass is 9.99. The van der Waals surface area contributed by atoms with Crippen LogP contribution in [0.2, 0.25) is 0 Å². The van der Waals surface area contributed by atoms with Crippen LogP contribution in [0.4, 0.5) is 11.5 Å². The van der Waals surface area contributed by atoms with E-state index in [1.165, 1.54) is 28.8 Å². The standard InChI is InChI=1S/C16H17BrN2/c1-11-5-6-15-13(8-11)4-3-7-19(15)16-14(17)9-12(2)10-18-16/h5-6,8-10H,3-4,7H2,1-2H3. The van der Waals surface area contributed by atoms with Crippen molar-refractivity contribution in [3.8, 4) is 0 Å². The number of nitrogens with zero attached hydrogens (tertiary/aromatic N) is 2. The highest BCUT2D eigenvalue weighted by Crippen LogP contribution is 2.36.